The third-order valence-electron chi connectivity index (χ3n) is 6.87. The molecule has 7 nitrogen and oxygen atoms in total. The minimum atomic E-state index is -0.377. The van der Waals surface area contributed by atoms with Crippen molar-refractivity contribution in [1.82, 2.24) is 9.78 Å². The highest BCUT2D eigenvalue weighted by Crippen LogP contribution is 2.46. The van der Waals surface area contributed by atoms with Crippen LogP contribution in [0.15, 0.2) is 66.0 Å². The first-order valence-electron chi connectivity index (χ1n) is 12.5. The summed E-state index contributed by atoms with van der Waals surface area (Å²) in [7, 11) is 0. The number of benzene rings is 2. The number of amides is 1. The summed E-state index contributed by atoms with van der Waals surface area (Å²) in [6.45, 7) is 8.84. The standard InChI is InChI=1S/C29H32N4O3/c1-5-18-7-9-19(10-8-18)26-25-23(15-29(3,4)16-24(25)34)32-27-22(17-30-33(26)27)28(35)31-20-11-13-21(14-12-20)36-6-2/h7-14,17,26,32H,5-6,15-16H2,1-4H3,(H,31,35)/t26-/m1/s1. The number of nitrogens with one attached hydrogen (secondary N) is 2. The number of carbonyl (C=O) groups is 2. The Morgan fingerprint density at radius 2 is 1.83 bits per heavy atom. The zero-order valence-corrected chi connectivity index (χ0v) is 21.2. The van der Waals surface area contributed by atoms with Crippen molar-refractivity contribution >= 4 is 23.2 Å². The summed E-state index contributed by atoms with van der Waals surface area (Å²) in [5.41, 5.74) is 4.77. The van der Waals surface area contributed by atoms with Gasteiger partial charge in [0.15, 0.2) is 5.78 Å². The summed E-state index contributed by atoms with van der Waals surface area (Å²) >= 11 is 0. The number of Topliss-reactive ketones (excluding diaryl/α,β-unsaturated/α-hetero) is 1. The molecule has 1 atom stereocenters. The molecule has 5 rings (SSSR count). The molecule has 1 aromatic heterocycles. The Bertz CT molecular complexity index is 1330. The summed E-state index contributed by atoms with van der Waals surface area (Å²) in [4.78, 5) is 26.7. The number of hydrogen-bond donors (Lipinski definition) is 2. The Morgan fingerprint density at radius 3 is 2.50 bits per heavy atom. The molecule has 1 aliphatic carbocycles. The lowest BCUT2D eigenvalue weighted by Gasteiger charge is -2.39. The molecule has 3 aromatic rings. The quantitative estimate of drug-likeness (QED) is 0.465. The van der Waals surface area contributed by atoms with E-state index in [-0.39, 0.29) is 23.1 Å². The summed E-state index contributed by atoms with van der Waals surface area (Å²) in [5.74, 6) is 1.21. The number of aromatic nitrogens is 2. The van der Waals surface area contributed by atoms with Crippen LogP contribution in [0, 0.1) is 5.41 Å². The van der Waals surface area contributed by atoms with Crippen LogP contribution in [0.1, 0.15) is 68.1 Å². The fourth-order valence-electron chi connectivity index (χ4n) is 5.12. The van der Waals surface area contributed by atoms with Crippen LogP contribution < -0.4 is 15.4 Å². The lowest BCUT2D eigenvalue weighted by molar-refractivity contribution is -0.118. The van der Waals surface area contributed by atoms with E-state index >= 15 is 0 Å². The first-order valence-corrected chi connectivity index (χ1v) is 12.5. The number of anilines is 2. The fraction of sp³-hybridized carbons (Fsp3) is 0.345. The minimum Gasteiger partial charge on any atom is -0.494 e. The van der Waals surface area contributed by atoms with Crippen molar-refractivity contribution < 1.29 is 14.3 Å². The van der Waals surface area contributed by atoms with E-state index in [1.165, 1.54) is 5.56 Å². The van der Waals surface area contributed by atoms with Gasteiger partial charge in [0.2, 0.25) is 0 Å². The molecule has 0 saturated heterocycles. The van der Waals surface area contributed by atoms with Crippen LogP contribution in [0.2, 0.25) is 0 Å². The van der Waals surface area contributed by atoms with Gasteiger partial charge >= 0.3 is 0 Å². The van der Waals surface area contributed by atoms with Crippen LogP contribution in [0.5, 0.6) is 5.75 Å². The second-order valence-electron chi connectivity index (χ2n) is 10.2. The van der Waals surface area contributed by atoms with E-state index in [1.54, 1.807) is 10.9 Å². The van der Waals surface area contributed by atoms with Crippen molar-refractivity contribution in [3.8, 4) is 5.75 Å². The van der Waals surface area contributed by atoms with E-state index in [9.17, 15) is 9.59 Å². The van der Waals surface area contributed by atoms with Gasteiger partial charge in [0.1, 0.15) is 23.2 Å². The topological polar surface area (TPSA) is 85.2 Å². The highest BCUT2D eigenvalue weighted by molar-refractivity contribution is 6.08. The van der Waals surface area contributed by atoms with Gasteiger partial charge in [0.25, 0.3) is 5.91 Å². The summed E-state index contributed by atoms with van der Waals surface area (Å²) in [6, 6.07) is 15.2. The molecule has 0 saturated carbocycles. The summed E-state index contributed by atoms with van der Waals surface area (Å²) in [6.07, 6.45) is 3.73. The van der Waals surface area contributed by atoms with Gasteiger partial charge in [0.05, 0.1) is 12.8 Å². The molecule has 0 radical (unpaired) electrons. The van der Waals surface area contributed by atoms with Crippen molar-refractivity contribution in [3.05, 3.63) is 82.7 Å². The van der Waals surface area contributed by atoms with Gasteiger partial charge in [0, 0.05) is 23.4 Å². The number of hydrogen-bond acceptors (Lipinski definition) is 5. The Kier molecular flexibility index (Phi) is 6.16. The number of allylic oxidation sites excluding steroid dienone is 2. The number of nitrogens with zero attached hydrogens (tertiary/aromatic N) is 2. The molecular weight excluding hydrogens is 452 g/mol. The molecule has 2 aromatic carbocycles. The predicted molar refractivity (Wildman–Crippen MR) is 140 cm³/mol. The second-order valence-corrected chi connectivity index (χ2v) is 10.2. The lowest BCUT2D eigenvalue weighted by Crippen LogP contribution is -2.37. The van der Waals surface area contributed by atoms with Crippen LogP contribution >= 0.6 is 0 Å². The third-order valence-corrected chi connectivity index (χ3v) is 6.87. The summed E-state index contributed by atoms with van der Waals surface area (Å²) < 4.78 is 7.27. The van der Waals surface area contributed by atoms with Crippen LogP contribution in [-0.4, -0.2) is 28.1 Å². The third kappa shape index (κ3) is 4.41. The maximum Gasteiger partial charge on any atom is 0.261 e. The van der Waals surface area contributed by atoms with E-state index < -0.39 is 0 Å². The van der Waals surface area contributed by atoms with Gasteiger partial charge in [-0.25, -0.2) is 4.68 Å². The van der Waals surface area contributed by atoms with Crippen LogP contribution in [0.4, 0.5) is 11.5 Å². The van der Waals surface area contributed by atoms with Gasteiger partial charge in [-0.05, 0) is 60.6 Å². The van der Waals surface area contributed by atoms with Crippen LogP contribution in [0.25, 0.3) is 0 Å². The Morgan fingerprint density at radius 1 is 1.11 bits per heavy atom. The van der Waals surface area contributed by atoms with Crippen molar-refractivity contribution in [2.75, 3.05) is 17.2 Å². The molecule has 186 valence electrons. The molecule has 2 heterocycles. The van der Waals surface area contributed by atoms with Gasteiger partial charge in [-0.2, -0.15) is 5.10 Å². The molecule has 0 bridgehead atoms. The molecule has 0 unspecified atom stereocenters. The number of rotatable bonds is 6. The predicted octanol–water partition coefficient (Wildman–Crippen LogP) is 5.75. The van der Waals surface area contributed by atoms with Gasteiger partial charge < -0.3 is 15.4 Å². The second kappa shape index (κ2) is 9.30. The molecule has 7 heteroatoms. The average molecular weight is 485 g/mol. The zero-order valence-electron chi connectivity index (χ0n) is 21.2. The first-order chi connectivity index (χ1) is 17.3. The highest BCUT2D eigenvalue weighted by Gasteiger charge is 2.42. The zero-order chi connectivity index (χ0) is 25.4. The number of carbonyl (C=O) groups excluding carboxylic acids is 2. The Labute approximate surface area is 211 Å². The van der Waals surface area contributed by atoms with E-state index in [0.29, 0.717) is 30.1 Å². The van der Waals surface area contributed by atoms with Crippen molar-refractivity contribution in [1.29, 1.82) is 0 Å². The van der Waals surface area contributed by atoms with E-state index in [1.807, 2.05) is 31.2 Å². The molecule has 2 aliphatic rings. The molecule has 1 amide bonds. The minimum absolute atomic E-state index is 0.125. The molecule has 1 aliphatic heterocycles. The largest absolute Gasteiger partial charge is 0.494 e. The van der Waals surface area contributed by atoms with E-state index in [0.717, 1.165) is 35.4 Å². The number of aryl methyl sites for hydroxylation is 1. The molecule has 36 heavy (non-hydrogen) atoms. The van der Waals surface area contributed by atoms with Gasteiger partial charge in [-0.3, -0.25) is 9.59 Å². The average Bonchev–Trinajstić information content (AvgIpc) is 3.27. The maximum atomic E-state index is 13.4. The van der Waals surface area contributed by atoms with E-state index in [2.05, 4.69) is 60.8 Å². The van der Waals surface area contributed by atoms with Crippen molar-refractivity contribution in [3.63, 3.8) is 0 Å². The monoisotopic (exact) mass is 484 g/mol. The fourth-order valence-corrected chi connectivity index (χ4v) is 5.12. The van der Waals surface area contributed by atoms with E-state index in [4.69, 9.17) is 4.74 Å². The SMILES string of the molecule is CCOc1ccc(NC(=O)c2cnn3c2NC2=C(C(=O)CC(C)(C)C2)[C@H]3c2ccc(CC)cc2)cc1. The number of ketones is 1. The molecular formula is C29H32N4O3. The lowest BCUT2D eigenvalue weighted by atomic mass is 9.73. The maximum absolute atomic E-state index is 13.4. The first kappa shape index (κ1) is 23.9. The number of fused-ring (bicyclic) bond motifs is 1. The highest BCUT2D eigenvalue weighted by atomic mass is 16.5. The van der Waals surface area contributed by atoms with Gasteiger partial charge in [-0.15, -0.1) is 0 Å². The molecule has 0 fully saturated rings. The van der Waals surface area contributed by atoms with Crippen LogP contribution in [0.3, 0.4) is 0 Å². The van der Waals surface area contributed by atoms with Gasteiger partial charge in [-0.1, -0.05) is 45.0 Å². The number of ether oxygens (including phenoxy) is 1. The Balaban J connectivity index is 1.52. The molecule has 0 spiro atoms. The van der Waals surface area contributed by atoms with Crippen molar-refractivity contribution in [2.24, 2.45) is 5.41 Å². The van der Waals surface area contributed by atoms with Crippen molar-refractivity contribution in [2.45, 2.75) is 53.0 Å². The smallest absolute Gasteiger partial charge is 0.261 e. The normalized spacial score (nSPS) is 18.2. The van der Waals surface area contributed by atoms with Crippen LogP contribution in [-0.2, 0) is 11.2 Å². The Hall–Kier alpha value is -3.87. The summed E-state index contributed by atoms with van der Waals surface area (Å²) in [5, 5.41) is 11.0. The molecule has 2 N–H and O–H groups in total.